The van der Waals surface area contributed by atoms with Crippen LogP contribution in [0.4, 0.5) is 0 Å². The predicted molar refractivity (Wildman–Crippen MR) is 255 cm³/mol. The Morgan fingerprint density at radius 2 is 0.379 bits per heavy atom. The van der Waals surface area contributed by atoms with Crippen molar-refractivity contribution in [2.75, 3.05) is 39.3 Å². The summed E-state index contributed by atoms with van der Waals surface area (Å²) in [7, 11) is -61.8. The summed E-state index contributed by atoms with van der Waals surface area (Å²) in [5.74, 6) is 0. The highest BCUT2D eigenvalue weighted by Gasteiger charge is 2.69. The molecule has 396 valence electrons. The average molecular weight is 1170 g/mol. The Balaban J connectivity index is 4.70. The van der Waals surface area contributed by atoms with E-state index in [2.05, 4.69) is 0 Å². The maximum atomic E-state index is 11.4. The summed E-state index contributed by atoms with van der Waals surface area (Å²) < 4.78 is 74.1. The lowest BCUT2D eigenvalue weighted by molar-refractivity contribution is 0.0541. The SMILES string of the molecule is C[Si]1(O[Si](O)(O)CCCN)O[Si](C)(O[Si](O)(O)CCCN)O[Si](C)(O[Si](O)(O)CCCN)O[Si](C)(O[Si](O)(O)CCCN)O[Si](C)(O[Si](O)(O)CCCN)O[Si](C)(O[Si](O)(O)CCCN)O1. The molecular weight excluding hydrogens is 1090 g/mol. The molecular formula is C24H78N6O24Si12. The van der Waals surface area contributed by atoms with Gasteiger partial charge in [0, 0.05) is 75.5 Å². The van der Waals surface area contributed by atoms with E-state index >= 15 is 0 Å². The number of nitrogens with two attached hydrogens (primary N) is 6. The molecule has 1 aliphatic heterocycles. The van der Waals surface area contributed by atoms with E-state index in [1.165, 1.54) is 0 Å². The maximum absolute atomic E-state index is 11.4. The number of hydrogen-bond donors (Lipinski definition) is 18. The molecule has 30 nitrogen and oxygen atoms in total. The highest BCUT2D eigenvalue weighted by atomic mass is 28.6. The molecule has 0 amide bonds. The molecule has 0 bridgehead atoms. The summed E-state index contributed by atoms with van der Waals surface area (Å²) in [6.07, 6.45) is -0.183. The maximum Gasteiger partial charge on any atom is 0.488 e. The predicted octanol–water partition coefficient (Wildman–Crippen LogP) is -6.75. The van der Waals surface area contributed by atoms with Crippen molar-refractivity contribution in [3.05, 3.63) is 0 Å². The Morgan fingerprint density at radius 3 is 0.470 bits per heavy atom. The third-order valence-electron chi connectivity index (χ3n) is 8.56. The van der Waals surface area contributed by atoms with Gasteiger partial charge in [-0.15, -0.1) is 0 Å². The Bertz CT molecular complexity index is 1170. The molecule has 0 aromatic carbocycles. The largest absolute Gasteiger partial charge is 0.488 e. The van der Waals surface area contributed by atoms with Gasteiger partial charge < -0.3 is 141 Å². The summed E-state index contributed by atoms with van der Waals surface area (Å²) in [5, 5.41) is 0. The molecule has 42 heteroatoms. The van der Waals surface area contributed by atoms with Crippen molar-refractivity contribution in [2.24, 2.45) is 34.4 Å². The lowest BCUT2D eigenvalue weighted by Crippen LogP contribution is -2.75. The van der Waals surface area contributed by atoms with Crippen LogP contribution in [0.25, 0.3) is 0 Å². The van der Waals surface area contributed by atoms with Crippen LogP contribution in [0.15, 0.2) is 0 Å². The van der Waals surface area contributed by atoms with Gasteiger partial charge in [0.15, 0.2) is 0 Å². The normalized spacial score (nSPS) is 29.5. The summed E-state index contributed by atoms with van der Waals surface area (Å²) in [4.78, 5) is 136. The fraction of sp³-hybridized carbons (Fsp3) is 1.00. The molecule has 24 N–H and O–H groups in total. The molecule has 1 fully saturated rings. The van der Waals surface area contributed by atoms with Crippen molar-refractivity contribution >= 4 is 106 Å². The van der Waals surface area contributed by atoms with E-state index in [1.54, 1.807) is 0 Å². The van der Waals surface area contributed by atoms with Gasteiger partial charge in [-0.2, -0.15) is 0 Å². The Morgan fingerprint density at radius 1 is 0.273 bits per heavy atom. The second kappa shape index (κ2) is 26.6. The second-order valence-corrected chi connectivity index (χ2v) is 48.3. The molecule has 0 spiro atoms. The van der Waals surface area contributed by atoms with Gasteiger partial charge in [0.1, 0.15) is 0 Å². The summed E-state index contributed by atoms with van der Waals surface area (Å²) >= 11 is 0. The zero-order valence-electron chi connectivity index (χ0n) is 38.5. The van der Waals surface area contributed by atoms with Gasteiger partial charge in [0.05, 0.1) is 0 Å². The topological polar surface area (TPSA) is 510 Å². The van der Waals surface area contributed by atoms with Gasteiger partial charge in [-0.3, -0.25) is 0 Å². The first kappa shape index (κ1) is 65.4. The summed E-state index contributed by atoms with van der Waals surface area (Å²) in [6, 6.07) is -2.95. The zero-order chi connectivity index (χ0) is 51.2. The van der Waals surface area contributed by atoms with Crippen molar-refractivity contribution < 1.29 is 107 Å². The molecule has 1 rings (SSSR count). The molecule has 0 unspecified atom stereocenters. The average Bonchev–Trinajstić information content (AvgIpc) is 3.09. The van der Waals surface area contributed by atoms with Crippen molar-refractivity contribution in [1.82, 2.24) is 0 Å². The van der Waals surface area contributed by atoms with Crippen LogP contribution in [0, 0.1) is 0 Å². The van der Waals surface area contributed by atoms with Crippen LogP contribution >= 0.6 is 0 Å². The van der Waals surface area contributed by atoms with Crippen LogP contribution in [0.5, 0.6) is 0 Å². The Labute approximate surface area is 398 Å². The lowest BCUT2D eigenvalue weighted by atomic mass is 10.5. The van der Waals surface area contributed by atoms with Crippen molar-refractivity contribution in [1.29, 1.82) is 0 Å². The van der Waals surface area contributed by atoms with E-state index in [0.717, 1.165) is 39.3 Å². The van der Waals surface area contributed by atoms with Crippen LogP contribution in [0.3, 0.4) is 0 Å². The van der Waals surface area contributed by atoms with E-state index in [4.69, 9.17) is 83.8 Å². The molecule has 1 aliphatic rings. The second-order valence-electron chi connectivity index (χ2n) is 16.2. The highest BCUT2D eigenvalue weighted by Crippen LogP contribution is 2.39. The minimum Gasteiger partial charge on any atom is -0.390 e. The summed E-state index contributed by atoms with van der Waals surface area (Å²) in [6.45, 7) is 5.82. The van der Waals surface area contributed by atoms with Gasteiger partial charge in [-0.1, -0.05) is 0 Å². The van der Waals surface area contributed by atoms with Gasteiger partial charge in [-0.05, 0) is 77.8 Å². The van der Waals surface area contributed by atoms with Crippen molar-refractivity contribution in [2.45, 2.75) is 114 Å². The summed E-state index contributed by atoms with van der Waals surface area (Å²) in [5.41, 5.74) is 33.9. The molecule has 0 saturated carbocycles. The molecule has 1 saturated heterocycles. The first-order chi connectivity index (χ1) is 29.8. The van der Waals surface area contributed by atoms with Crippen LogP contribution in [0.1, 0.15) is 38.5 Å². The first-order valence-corrected chi connectivity index (χ1v) is 46.6. The number of rotatable bonds is 30. The van der Waals surface area contributed by atoms with Gasteiger partial charge in [0.25, 0.3) is 0 Å². The van der Waals surface area contributed by atoms with Crippen LogP contribution in [-0.4, -0.2) is 202 Å². The van der Waals surface area contributed by atoms with Gasteiger partial charge >= 0.3 is 106 Å². The van der Waals surface area contributed by atoms with Crippen molar-refractivity contribution in [3.63, 3.8) is 0 Å². The molecule has 0 radical (unpaired) electrons. The smallest absolute Gasteiger partial charge is 0.390 e. The quantitative estimate of drug-likeness (QED) is 0.0297. The molecule has 66 heavy (non-hydrogen) atoms. The third kappa shape index (κ3) is 25.4. The van der Waals surface area contributed by atoms with Gasteiger partial charge in [0.2, 0.25) is 0 Å². The van der Waals surface area contributed by atoms with Crippen LogP contribution < -0.4 is 34.4 Å². The lowest BCUT2D eigenvalue weighted by Gasteiger charge is -2.49. The first-order valence-electron chi connectivity index (χ1n) is 21.2. The van der Waals surface area contributed by atoms with Crippen LogP contribution in [-0.2, 0) is 49.4 Å². The molecule has 0 aliphatic carbocycles. The fourth-order valence-electron chi connectivity index (χ4n) is 6.48. The molecule has 0 atom stereocenters. The highest BCUT2D eigenvalue weighted by molar-refractivity contribution is 6.94. The standard InChI is InChI=1S/C24H78N6O24Si12/c1-55(49-61(31,32)19-7-13-25)43-56(2,50-62(33,34)20-8-14-26)45-58(4,52-64(37,38)22-10-16-28)47-60(6,54-66(41,42)24-12-18-30)48-59(5,53-65(39,40)23-11-17-29)46-57(3,44-55)51-63(35,36)21-9-15-27/h31-42H,7-30H2,1-6H3. The fourth-order valence-corrected chi connectivity index (χ4v) is 53.1. The zero-order valence-corrected chi connectivity index (χ0v) is 50.5. The third-order valence-corrected chi connectivity index (χ3v) is 49.1. The van der Waals surface area contributed by atoms with E-state index in [9.17, 15) is 57.5 Å². The molecule has 1 heterocycles. The minimum atomic E-state index is -5.25. The van der Waals surface area contributed by atoms with E-state index in [0.29, 0.717) is 0 Å². The molecule has 0 aromatic heterocycles. The molecule has 0 aromatic rings. The van der Waals surface area contributed by atoms with E-state index in [1.807, 2.05) is 0 Å². The minimum absolute atomic E-state index is 0.0305. The Kier molecular flexibility index (Phi) is 26.3. The Hall–Kier alpha value is 1.40. The van der Waals surface area contributed by atoms with E-state index in [-0.39, 0.29) is 77.8 Å². The monoisotopic (exact) mass is 1170 g/mol. The van der Waals surface area contributed by atoms with Crippen LogP contribution in [0.2, 0.25) is 75.5 Å². The van der Waals surface area contributed by atoms with Gasteiger partial charge in [-0.25, -0.2) is 0 Å². The van der Waals surface area contributed by atoms with E-state index < -0.39 is 142 Å². The number of hydrogen-bond acceptors (Lipinski definition) is 30. The van der Waals surface area contributed by atoms with Crippen molar-refractivity contribution in [3.8, 4) is 0 Å².